The predicted octanol–water partition coefficient (Wildman–Crippen LogP) is 1.57. The van der Waals surface area contributed by atoms with Gasteiger partial charge in [-0.2, -0.15) is 5.23 Å². The van der Waals surface area contributed by atoms with Crippen LogP contribution in [0.5, 0.6) is 5.75 Å². The minimum atomic E-state index is -1.01. The molecule has 0 saturated carbocycles. The van der Waals surface area contributed by atoms with E-state index >= 15 is 0 Å². The number of rotatable bonds is 5. The number of anilines is 1. The first-order valence-corrected chi connectivity index (χ1v) is 7.14. The number of carbonyl (C=O) groups excluding carboxylic acids is 1. The molecule has 1 aromatic carbocycles. The Bertz CT molecular complexity index is 662. The van der Waals surface area contributed by atoms with Gasteiger partial charge in [0.15, 0.2) is 12.3 Å². The van der Waals surface area contributed by atoms with E-state index in [4.69, 9.17) is 9.94 Å². The first-order chi connectivity index (χ1) is 10.5. The van der Waals surface area contributed by atoms with Gasteiger partial charge in [-0.25, -0.2) is 10.2 Å². The molecule has 0 spiro atoms. The Kier molecular flexibility index (Phi) is 5.45. The van der Waals surface area contributed by atoms with Crippen LogP contribution in [-0.4, -0.2) is 22.7 Å². The number of hydrogen-bond donors (Lipinski definition) is 3. The van der Waals surface area contributed by atoms with Crippen molar-refractivity contribution in [1.29, 1.82) is 0 Å². The quantitative estimate of drug-likeness (QED) is 0.696. The van der Waals surface area contributed by atoms with Gasteiger partial charge < -0.3 is 15.3 Å². The molecule has 2 rings (SSSR count). The fourth-order valence-corrected chi connectivity index (χ4v) is 1.86. The van der Waals surface area contributed by atoms with Crippen LogP contribution in [0.3, 0.4) is 0 Å². The lowest BCUT2D eigenvalue weighted by atomic mass is 10.3. The molecule has 1 heterocycles. The first kappa shape index (κ1) is 16.4. The molecule has 0 bridgehead atoms. The summed E-state index contributed by atoms with van der Waals surface area (Å²) < 4.78 is 6.15. The van der Waals surface area contributed by atoms with Crippen LogP contribution in [0, 0.1) is 12.1 Å². The lowest BCUT2D eigenvalue weighted by molar-refractivity contribution is -0.991. The maximum Gasteiger partial charge on any atom is 0.263 e. The Hall–Kier alpha value is -2.00. The minimum Gasteiger partial charge on any atom is -0.595 e. The van der Waals surface area contributed by atoms with Gasteiger partial charge in [-0.05, 0) is 47.1 Å². The summed E-state index contributed by atoms with van der Waals surface area (Å²) in [6.45, 7) is 1.63. The third-order valence-electron chi connectivity index (χ3n) is 2.76. The van der Waals surface area contributed by atoms with Gasteiger partial charge in [-0.1, -0.05) is 0 Å². The van der Waals surface area contributed by atoms with Crippen molar-refractivity contribution < 1.29 is 20.0 Å². The molecule has 1 unspecified atom stereocenters. The smallest absolute Gasteiger partial charge is 0.263 e. The maximum atomic E-state index is 11.8. The van der Waals surface area contributed by atoms with Crippen molar-refractivity contribution in [1.82, 2.24) is 4.98 Å². The molecule has 8 heteroatoms. The van der Waals surface area contributed by atoms with Crippen molar-refractivity contribution >= 4 is 33.3 Å². The second-order valence-corrected chi connectivity index (χ2v) is 5.28. The van der Waals surface area contributed by atoms with Crippen molar-refractivity contribution in [3.8, 4) is 5.75 Å². The highest BCUT2D eigenvalue weighted by molar-refractivity contribution is 9.10. The molecule has 0 aliphatic heterocycles. The van der Waals surface area contributed by atoms with E-state index in [0.29, 0.717) is 11.6 Å². The molecule has 1 aromatic heterocycles. The number of nitrogens with zero attached hydrogens (tertiary/aromatic N) is 1. The number of aromatic nitrogens is 1. The van der Waals surface area contributed by atoms with Gasteiger partial charge >= 0.3 is 0 Å². The van der Waals surface area contributed by atoms with Gasteiger partial charge in [0, 0.05) is 16.6 Å². The third kappa shape index (κ3) is 4.50. The fourth-order valence-electron chi connectivity index (χ4n) is 1.64. The van der Waals surface area contributed by atoms with Crippen LogP contribution in [-0.2, 0) is 4.79 Å². The molecule has 3 N–H and O–H groups in total. The van der Waals surface area contributed by atoms with E-state index in [-0.39, 0.29) is 18.2 Å². The zero-order valence-electron chi connectivity index (χ0n) is 11.7. The minimum absolute atomic E-state index is 0.159. The summed E-state index contributed by atoms with van der Waals surface area (Å²) in [5, 5.41) is 21.1. The summed E-state index contributed by atoms with van der Waals surface area (Å²) in [6, 6.07) is 9.29. The number of amides is 1. The van der Waals surface area contributed by atoms with Gasteiger partial charge in [0.25, 0.3) is 5.91 Å². The van der Waals surface area contributed by atoms with E-state index in [1.165, 1.54) is 24.3 Å². The summed E-state index contributed by atoms with van der Waals surface area (Å²) in [5.74, 6) is 0.507. The van der Waals surface area contributed by atoms with Gasteiger partial charge in [-0.15, -0.1) is 0 Å². The average molecular weight is 368 g/mol. The highest BCUT2D eigenvalue weighted by Gasteiger charge is 2.07. The Morgan fingerprint density at radius 2 is 2.05 bits per heavy atom. The van der Waals surface area contributed by atoms with Crippen molar-refractivity contribution in [2.24, 2.45) is 0 Å². The highest BCUT2D eigenvalue weighted by Crippen LogP contribution is 2.16. The number of halogens is 1. The van der Waals surface area contributed by atoms with Crippen molar-refractivity contribution in [3.05, 3.63) is 51.8 Å². The van der Waals surface area contributed by atoms with Crippen molar-refractivity contribution in [3.63, 3.8) is 0 Å². The van der Waals surface area contributed by atoms with Crippen LogP contribution in [0.25, 0.3) is 0 Å². The van der Waals surface area contributed by atoms with E-state index in [1.54, 1.807) is 12.1 Å². The zero-order valence-corrected chi connectivity index (χ0v) is 13.3. The third-order valence-corrected chi connectivity index (χ3v) is 3.60. The number of ether oxygens (including phenoxy) is 1. The Morgan fingerprint density at radius 3 is 2.64 bits per heavy atom. The largest absolute Gasteiger partial charge is 0.595 e. The molecule has 1 atom stereocenters. The van der Waals surface area contributed by atoms with Crippen molar-refractivity contribution in [2.75, 3.05) is 11.9 Å². The SMILES string of the molecule is Cc1nc(NC(=O)COc2ccc([NH+]([O-])O)cc2)ccc1Br. The van der Waals surface area contributed by atoms with Crippen LogP contribution >= 0.6 is 15.9 Å². The summed E-state index contributed by atoms with van der Waals surface area (Å²) in [4.78, 5) is 16.0. The first-order valence-electron chi connectivity index (χ1n) is 6.35. The number of carbonyl (C=O) groups is 1. The number of hydrogen-bond acceptors (Lipinski definition) is 5. The van der Waals surface area contributed by atoms with E-state index in [0.717, 1.165) is 10.2 Å². The van der Waals surface area contributed by atoms with Crippen molar-refractivity contribution in [2.45, 2.75) is 6.92 Å². The topological polar surface area (TPSA) is 99.0 Å². The van der Waals surface area contributed by atoms with Crippen LogP contribution in [0.15, 0.2) is 40.9 Å². The van der Waals surface area contributed by atoms with Crippen LogP contribution in [0.4, 0.5) is 11.5 Å². The van der Waals surface area contributed by atoms with Crippen LogP contribution in [0.2, 0.25) is 0 Å². The highest BCUT2D eigenvalue weighted by atomic mass is 79.9. The van der Waals surface area contributed by atoms with Gasteiger partial charge in [0.1, 0.15) is 11.6 Å². The molecule has 7 nitrogen and oxygen atoms in total. The molecule has 0 aliphatic rings. The Morgan fingerprint density at radius 1 is 1.36 bits per heavy atom. The molecule has 0 saturated heterocycles. The second kappa shape index (κ2) is 7.32. The molecular formula is C14H14BrN3O4. The van der Waals surface area contributed by atoms with Crippen LogP contribution in [0.1, 0.15) is 5.69 Å². The monoisotopic (exact) mass is 367 g/mol. The molecular weight excluding hydrogens is 354 g/mol. The summed E-state index contributed by atoms with van der Waals surface area (Å²) in [5.41, 5.74) is 0.925. The number of pyridine rings is 1. The van der Waals surface area contributed by atoms with E-state index < -0.39 is 5.23 Å². The van der Waals surface area contributed by atoms with Gasteiger partial charge in [0.05, 0.1) is 5.69 Å². The van der Waals surface area contributed by atoms with Gasteiger partial charge in [-0.3, -0.25) is 4.79 Å². The van der Waals surface area contributed by atoms with E-state index in [2.05, 4.69) is 26.2 Å². The lowest BCUT2D eigenvalue weighted by Gasteiger charge is -2.12. The number of aryl methyl sites for hydroxylation is 1. The number of nitrogens with one attached hydrogen (secondary N) is 2. The molecule has 116 valence electrons. The molecule has 0 radical (unpaired) electrons. The summed E-state index contributed by atoms with van der Waals surface area (Å²) >= 11 is 3.33. The fraction of sp³-hybridized carbons (Fsp3) is 0.143. The molecule has 22 heavy (non-hydrogen) atoms. The zero-order chi connectivity index (χ0) is 16.1. The second-order valence-electron chi connectivity index (χ2n) is 4.43. The Labute approximate surface area is 135 Å². The summed E-state index contributed by atoms with van der Waals surface area (Å²) in [7, 11) is 0. The maximum absolute atomic E-state index is 11.8. The predicted molar refractivity (Wildman–Crippen MR) is 83.0 cm³/mol. The molecule has 0 aliphatic carbocycles. The van der Waals surface area contributed by atoms with Gasteiger partial charge in [0.2, 0.25) is 0 Å². The lowest BCUT2D eigenvalue weighted by Crippen LogP contribution is -2.99. The standard InChI is InChI=1S/C14H14BrN3O4/c1-9-12(15)6-7-13(16-9)17-14(19)8-22-11-4-2-10(3-5-11)18(20)21/h2-7,18,20H,8H2,1H3,(H,16,17,19). The molecule has 1 amide bonds. The van der Waals surface area contributed by atoms with E-state index in [1.807, 2.05) is 6.92 Å². The number of quaternary nitrogens is 1. The normalized spacial score (nSPS) is 11.8. The average Bonchev–Trinajstić information content (AvgIpc) is 2.49. The van der Waals surface area contributed by atoms with E-state index in [9.17, 15) is 10.0 Å². The Balaban J connectivity index is 1.88. The summed E-state index contributed by atoms with van der Waals surface area (Å²) in [6.07, 6.45) is 0. The molecule has 0 fully saturated rings. The van der Waals surface area contributed by atoms with Crippen LogP contribution < -0.4 is 15.3 Å². The number of benzene rings is 1. The molecule has 2 aromatic rings.